The summed E-state index contributed by atoms with van der Waals surface area (Å²) in [5.41, 5.74) is 0.625. The van der Waals surface area contributed by atoms with Crippen molar-refractivity contribution in [3.63, 3.8) is 0 Å². The molecule has 1 fully saturated rings. The van der Waals surface area contributed by atoms with Crippen LogP contribution in [0.1, 0.15) is 50.5 Å². The number of carbonyl (C=O) groups excluding carboxylic acids is 1. The first-order valence-corrected chi connectivity index (χ1v) is 9.04. The first kappa shape index (κ1) is 16.0. The number of aryl methyl sites for hydroxylation is 1. The molecule has 118 valence electrons. The molecule has 21 heavy (non-hydrogen) atoms. The van der Waals surface area contributed by atoms with Gasteiger partial charge in [0, 0.05) is 12.1 Å². The summed E-state index contributed by atoms with van der Waals surface area (Å²) in [6.45, 7) is 3.15. The quantitative estimate of drug-likeness (QED) is 0.894. The predicted octanol–water partition coefficient (Wildman–Crippen LogP) is 1.74. The zero-order chi connectivity index (χ0) is 15.5. The molecule has 0 spiro atoms. The second-order valence-electron chi connectivity index (χ2n) is 5.73. The van der Waals surface area contributed by atoms with E-state index in [1.807, 2.05) is 0 Å². The molecule has 0 aromatic carbocycles. The summed E-state index contributed by atoms with van der Waals surface area (Å²) in [6, 6.07) is 1.68. The van der Waals surface area contributed by atoms with Crippen LogP contribution in [0.5, 0.6) is 0 Å². The maximum Gasteiger partial charge on any atom is 0.238 e. The van der Waals surface area contributed by atoms with Gasteiger partial charge in [-0.1, -0.05) is 24.4 Å². The molecule has 1 heterocycles. The SMILES string of the molecule is Cc1cc(CS(=O)(=O)[C@@H](C)C(=O)NC2CCCCC2)on1. The van der Waals surface area contributed by atoms with Crippen molar-refractivity contribution >= 4 is 15.7 Å². The fraction of sp³-hybridized carbons (Fsp3) is 0.714. The molecule has 1 amide bonds. The molecule has 1 aliphatic carbocycles. The number of nitrogens with one attached hydrogen (secondary N) is 1. The highest BCUT2D eigenvalue weighted by Gasteiger charge is 2.31. The minimum atomic E-state index is -3.60. The van der Waals surface area contributed by atoms with Crippen LogP contribution in [0, 0.1) is 6.92 Å². The lowest BCUT2D eigenvalue weighted by Crippen LogP contribution is -2.44. The number of carbonyl (C=O) groups is 1. The largest absolute Gasteiger partial charge is 0.360 e. The standard InChI is InChI=1S/C14H22N2O4S/c1-10-8-13(20-16-10)9-21(18,19)11(2)14(17)15-12-6-4-3-5-7-12/h8,11-12H,3-7,9H2,1-2H3,(H,15,17)/t11-/m0/s1. The number of aromatic nitrogens is 1. The van der Waals surface area contributed by atoms with E-state index in [2.05, 4.69) is 10.5 Å². The van der Waals surface area contributed by atoms with Gasteiger partial charge in [-0.25, -0.2) is 8.42 Å². The fourth-order valence-electron chi connectivity index (χ4n) is 2.54. The van der Waals surface area contributed by atoms with Crippen LogP contribution in [0.3, 0.4) is 0 Å². The second kappa shape index (κ2) is 6.60. The summed E-state index contributed by atoms with van der Waals surface area (Å²) in [7, 11) is -3.60. The van der Waals surface area contributed by atoms with Crippen LogP contribution >= 0.6 is 0 Å². The number of amides is 1. The average molecular weight is 314 g/mol. The van der Waals surface area contributed by atoms with E-state index in [1.165, 1.54) is 13.3 Å². The summed E-state index contributed by atoms with van der Waals surface area (Å²) in [5.74, 6) is -0.449. The van der Waals surface area contributed by atoms with Crippen LogP contribution in [0.25, 0.3) is 0 Å². The van der Waals surface area contributed by atoms with Crippen LogP contribution in [0.2, 0.25) is 0 Å². The molecule has 0 radical (unpaired) electrons. The molecule has 0 aliphatic heterocycles. The third-order valence-corrected chi connectivity index (χ3v) is 5.86. The van der Waals surface area contributed by atoms with Gasteiger partial charge < -0.3 is 9.84 Å². The number of hydrogen-bond acceptors (Lipinski definition) is 5. The first-order chi connectivity index (χ1) is 9.88. The molecular weight excluding hydrogens is 292 g/mol. The lowest BCUT2D eigenvalue weighted by atomic mass is 9.95. The highest BCUT2D eigenvalue weighted by molar-refractivity contribution is 7.92. The van der Waals surface area contributed by atoms with Crippen molar-refractivity contribution < 1.29 is 17.7 Å². The zero-order valence-corrected chi connectivity index (χ0v) is 13.3. The Morgan fingerprint density at radius 2 is 2.10 bits per heavy atom. The minimum Gasteiger partial charge on any atom is -0.360 e. The maximum atomic E-state index is 12.2. The molecule has 1 N–H and O–H groups in total. The summed E-state index contributed by atoms with van der Waals surface area (Å²) >= 11 is 0. The van der Waals surface area contributed by atoms with E-state index in [0.29, 0.717) is 5.69 Å². The number of sulfone groups is 1. The Morgan fingerprint density at radius 1 is 1.43 bits per heavy atom. The van der Waals surface area contributed by atoms with Crippen LogP contribution < -0.4 is 5.32 Å². The Labute approximate surface area is 125 Å². The third-order valence-electron chi connectivity index (χ3n) is 3.88. The van der Waals surface area contributed by atoms with Crippen LogP contribution in [0.15, 0.2) is 10.6 Å². The molecule has 1 atom stereocenters. The van der Waals surface area contributed by atoms with Gasteiger partial charge in [0.1, 0.15) is 11.0 Å². The van der Waals surface area contributed by atoms with E-state index in [0.717, 1.165) is 25.7 Å². The molecular formula is C14H22N2O4S. The van der Waals surface area contributed by atoms with E-state index >= 15 is 0 Å². The normalized spacial score (nSPS) is 18.4. The van der Waals surface area contributed by atoms with E-state index < -0.39 is 21.0 Å². The van der Waals surface area contributed by atoms with E-state index in [9.17, 15) is 13.2 Å². The fourth-order valence-corrected chi connectivity index (χ4v) is 3.71. The molecule has 1 saturated carbocycles. The Hall–Kier alpha value is -1.37. The van der Waals surface area contributed by atoms with E-state index in [1.54, 1.807) is 13.0 Å². The number of nitrogens with zero attached hydrogens (tertiary/aromatic N) is 1. The van der Waals surface area contributed by atoms with Crippen molar-refractivity contribution in [1.29, 1.82) is 0 Å². The van der Waals surface area contributed by atoms with Gasteiger partial charge in [-0.2, -0.15) is 0 Å². The van der Waals surface area contributed by atoms with Crippen molar-refractivity contribution in [3.05, 3.63) is 17.5 Å². The summed E-state index contributed by atoms with van der Waals surface area (Å²) in [4.78, 5) is 12.1. The molecule has 2 rings (SSSR count). The van der Waals surface area contributed by atoms with Gasteiger partial charge in [0.2, 0.25) is 5.91 Å². The monoisotopic (exact) mass is 314 g/mol. The Bertz CT molecular complexity index is 588. The van der Waals surface area contributed by atoms with Gasteiger partial charge in [0.25, 0.3) is 0 Å². The molecule has 1 aromatic heterocycles. The summed E-state index contributed by atoms with van der Waals surface area (Å²) in [6.07, 6.45) is 5.22. The predicted molar refractivity (Wildman–Crippen MR) is 78.3 cm³/mol. The van der Waals surface area contributed by atoms with Crippen molar-refractivity contribution in [3.8, 4) is 0 Å². The number of rotatable bonds is 5. The zero-order valence-electron chi connectivity index (χ0n) is 12.5. The molecule has 6 nitrogen and oxygen atoms in total. The van der Waals surface area contributed by atoms with Crippen LogP contribution in [-0.2, 0) is 20.4 Å². The first-order valence-electron chi connectivity index (χ1n) is 7.32. The van der Waals surface area contributed by atoms with Gasteiger partial charge in [0.15, 0.2) is 15.6 Å². The molecule has 0 saturated heterocycles. The summed E-state index contributed by atoms with van der Waals surface area (Å²) < 4.78 is 29.4. The molecule has 0 unspecified atom stereocenters. The molecule has 7 heteroatoms. The number of hydrogen-bond donors (Lipinski definition) is 1. The van der Waals surface area contributed by atoms with Crippen molar-refractivity contribution in [1.82, 2.24) is 10.5 Å². The summed E-state index contributed by atoms with van der Waals surface area (Å²) in [5, 5.41) is 5.43. The van der Waals surface area contributed by atoms with E-state index in [4.69, 9.17) is 4.52 Å². The third kappa shape index (κ3) is 4.30. The van der Waals surface area contributed by atoms with Gasteiger partial charge in [-0.15, -0.1) is 0 Å². The van der Waals surface area contributed by atoms with Gasteiger partial charge in [0.05, 0.1) is 5.69 Å². The topological polar surface area (TPSA) is 89.3 Å². The van der Waals surface area contributed by atoms with Crippen molar-refractivity contribution in [2.45, 2.75) is 63.0 Å². The van der Waals surface area contributed by atoms with Crippen molar-refractivity contribution in [2.24, 2.45) is 0 Å². The van der Waals surface area contributed by atoms with Gasteiger partial charge >= 0.3 is 0 Å². The maximum absolute atomic E-state index is 12.2. The lowest BCUT2D eigenvalue weighted by molar-refractivity contribution is -0.121. The van der Waals surface area contributed by atoms with Gasteiger partial charge in [-0.3, -0.25) is 4.79 Å². The minimum absolute atomic E-state index is 0.108. The van der Waals surface area contributed by atoms with E-state index in [-0.39, 0.29) is 17.6 Å². The van der Waals surface area contributed by atoms with Crippen molar-refractivity contribution in [2.75, 3.05) is 0 Å². The Morgan fingerprint density at radius 3 is 2.67 bits per heavy atom. The van der Waals surface area contributed by atoms with Crippen LogP contribution in [-0.4, -0.2) is 30.8 Å². The smallest absolute Gasteiger partial charge is 0.238 e. The highest BCUT2D eigenvalue weighted by Crippen LogP contribution is 2.18. The lowest BCUT2D eigenvalue weighted by Gasteiger charge is -2.24. The molecule has 1 aliphatic rings. The molecule has 0 bridgehead atoms. The molecule has 1 aromatic rings. The Kier molecular flexibility index (Phi) is 5.03. The Balaban J connectivity index is 1.96. The van der Waals surface area contributed by atoms with Gasteiger partial charge in [-0.05, 0) is 26.7 Å². The van der Waals surface area contributed by atoms with Crippen LogP contribution in [0.4, 0.5) is 0 Å². The average Bonchev–Trinajstić information content (AvgIpc) is 2.83. The highest BCUT2D eigenvalue weighted by atomic mass is 32.2. The second-order valence-corrected chi connectivity index (χ2v) is 8.05.